The van der Waals surface area contributed by atoms with Crippen molar-refractivity contribution in [1.82, 2.24) is 15.6 Å². The van der Waals surface area contributed by atoms with E-state index in [0.717, 1.165) is 49.2 Å². The molecule has 2 atom stereocenters. The molecule has 0 radical (unpaired) electrons. The van der Waals surface area contributed by atoms with Crippen LogP contribution in [0.1, 0.15) is 18.1 Å². The summed E-state index contributed by atoms with van der Waals surface area (Å²) in [7, 11) is 1.78. The van der Waals surface area contributed by atoms with Crippen LogP contribution >= 0.6 is 24.0 Å². The van der Waals surface area contributed by atoms with E-state index >= 15 is 0 Å². The lowest BCUT2D eigenvalue weighted by molar-refractivity contribution is 0.0529. The van der Waals surface area contributed by atoms with E-state index < -0.39 is 0 Å². The number of aromatic nitrogens is 1. The molecule has 1 aromatic heterocycles. The number of aliphatic imine (C=N–C) groups is 1. The number of morpholine rings is 1. The Morgan fingerprint density at radius 3 is 2.83 bits per heavy atom. The van der Waals surface area contributed by atoms with Gasteiger partial charge in [-0.05, 0) is 30.2 Å². The molecule has 1 saturated heterocycles. The number of ether oxygens (including phenoxy) is 2. The highest BCUT2D eigenvalue weighted by Gasteiger charge is 2.22. The maximum atomic E-state index is 5.97. The van der Waals surface area contributed by atoms with Crippen molar-refractivity contribution >= 4 is 35.8 Å². The van der Waals surface area contributed by atoms with Gasteiger partial charge in [0, 0.05) is 39.3 Å². The van der Waals surface area contributed by atoms with Crippen molar-refractivity contribution in [3.63, 3.8) is 0 Å². The van der Waals surface area contributed by atoms with Gasteiger partial charge in [0.2, 0.25) is 0 Å². The second-order valence-corrected chi connectivity index (χ2v) is 7.51. The minimum atomic E-state index is 0. The standard InChI is InChI=1S/C22H29N5O2.HI/c1-16-15-27(9-10-28-16)21-8-7-17(12-24-21)13-25-22(23-2)26-14-19-11-18-5-3-4-6-20(18)29-19;/h3-8,12,16,19H,9-11,13-15H2,1-2H3,(H2,23,25,26);1H. The Balaban J connectivity index is 0.00000256. The van der Waals surface area contributed by atoms with Crippen molar-refractivity contribution in [2.45, 2.75) is 32.1 Å². The first-order chi connectivity index (χ1) is 14.2. The quantitative estimate of drug-likeness (QED) is 0.357. The van der Waals surface area contributed by atoms with Gasteiger partial charge in [-0.25, -0.2) is 4.98 Å². The van der Waals surface area contributed by atoms with E-state index in [1.54, 1.807) is 7.05 Å². The summed E-state index contributed by atoms with van der Waals surface area (Å²) in [4.78, 5) is 11.2. The monoisotopic (exact) mass is 523 g/mol. The van der Waals surface area contributed by atoms with E-state index in [4.69, 9.17) is 9.47 Å². The van der Waals surface area contributed by atoms with Gasteiger partial charge < -0.3 is 25.0 Å². The van der Waals surface area contributed by atoms with Crippen molar-refractivity contribution in [1.29, 1.82) is 0 Å². The predicted molar refractivity (Wildman–Crippen MR) is 130 cm³/mol. The summed E-state index contributed by atoms with van der Waals surface area (Å²) in [6, 6.07) is 12.4. The molecule has 0 aliphatic carbocycles. The summed E-state index contributed by atoms with van der Waals surface area (Å²) in [5.74, 6) is 2.75. The highest BCUT2D eigenvalue weighted by molar-refractivity contribution is 14.0. The number of nitrogens with one attached hydrogen (secondary N) is 2. The zero-order valence-electron chi connectivity index (χ0n) is 17.5. The van der Waals surface area contributed by atoms with E-state index in [1.165, 1.54) is 5.56 Å². The van der Waals surface area contributed by atoms with Gasteiger partial charge in [0.15, 0.2) is 5.96 Å². The van der Waals surface area contributed by atoms with Crippen LogP contribution in [0.4, 0.5) is 5.82 Å². The Labute approximate surface area is 195 Å². The van der Waals surface area contributed by atoms with Gasteiger partial charge in [-0.2, -0.15) is 0 Å². The minimum Gasteiger partial charge on any atom is -0.488 e. The molecule has 2 aromatic rings. The molecule has 30 heavy (non-hydrogen) atoms. The van der Waals surface area contributed by atoms with Gasteiger partial charge in [-0.3, -0.25) is 4.99 Å². The molecule has 8 heteroatoms. The molecular formula is C22H30IN5O2. The summed E-state index contributed by atoms with van der Waals surface area (Å²) in [6.45, 7) is 5.99. The molecule has 0 amide bonds. The van der Waals surface area contributed by atoms with Crippen LogP contribution in [0.5, 0.6) is 5.75 Å². The molecule has 2 aliphatic heterocycles. The highest BCUT2D eigenvalue weighted by atomic mass is 127. The van der Waals surface area contributed by atoms with Crippen LogP contribution in [0.3, 0.4) is 0 Å². The van der Waals surface area contributed by atoms with Crippen molar-refractivity contribution in [3.05, 3.63) is 53.7 Å². The van der Waals surface area contributed by atoms with E-state index in [0.29, 0.717) is 13.1 Å². The fourth-order valence-electron chi connectivity index (χ4n) is 3.72. The largest absolute Gasteiger partial charge is 0.488 e. The second kappa shape index (κ2) is 10.8. The first-order valence-electron chi connectivity index (χ1n) is 10.2. The van der Waals surface area contributed by atoms with Crippen molar-refractivity contribution < 1.29 is 9.47 Å². The average molecular weight is 523 g/mol. The van der Waals surface area contributed by atoms with Crippen LogP contribution in [0.15, 0.2) is 47.6 Å². The molecule has 2 unspecified atom stereocenters. The lowest BCUT2D eigenvalue weighted by Gasteiger charge is -2.32. The fourth-order valence-corrected chi connectivity index (χ4v) is 3.72. The van der Waals surface area contributed by atoms with Crippen LogP contribution in [-0.4, -0.2) is 56.4 Å². The molecule has 1 fully saturated rings. The second-order valence-electron chi connectivity index (χ2n) is 7.51. The first-order valence-corrected chi connectivity index (χ1v) is 10.2. The summed E-state index contributed by atoms with van der Waals surface area (Å²) < 4.78 is 11.6. The molecule has 1 aromatic carbocycles. The number of nitrogens with zero attached hydrogens (tertiary/aromatic N) is 3. The van der Waals surface area contributed by atoms with Crippen LogP contribution < -0.4 is 20.3 Å². The Hall–Kier alpha value is -2.07. The maximum Gasteiger partial charge on any atom is 0.191 e. The molecule has 4 rings (SSSR count). The number of fused-ring (bicyclic) bond motifs is 1. The Morgan fingerprint density at radius 2 is 2.10 bits per heavy atom. The van der Waals surface area contributed by atoms with Crippen molar-refractivity contribution in [2.75, 3.05) is 38.2 Å². The number of hydrogen-bond donors (Lipinski definition) is 2. The molecule has 0 bridgehead atoms. The number of hydrogen-bond acceptors (Lipinski definition) is 5. The van der Waals surface area contributed by atoms with E-state index in [-0.39, 0.29) is 36.2 Å². The number of benzene rings is 1. The minimum absolute atomic E-state index is 0. The van der Waals surface area contributed by atoms with Crippen molar-refractivity contribution in [3.8, 4) is 5.75 Å². The van der Waals surface area contributed by atoms with Crippen LogP contribution in [0.2, 0.25) is 0 Å². The van der Waals surface area contributed by atoms with Gasteiger partial charge in [0.1, 0.15) is 17.7 Å². The van der Waals surface area contributed by atoms with Gasteiger partial charge in [0.25, 0.3) is 0 Å². The normalized spacial score (nSPS) is 20.7. The molecule has 0 saturated carbocycles. The molecule has 2 N–H and O–H groups in total. The third-order valence-electron chi connectivity index (χ3n) is 5.27. The Morgan fingerprint density at radius 1 is 1.23 bits per heavy atom. The van der Waals surface area contributed by atoms with Gasteiger partial charge in [0.05, 0.1) is 19.3 Å². The number of guanidine groups is 1. The zero-order valence-corrected chi connectivity index (χ0v) is 19.8. The molecule has 0 spiro atoms. The van der Waals surface area contributed by atoms with Crippen molar-refractivity contribution in [2.24, 2.45) is 4.99 Å². The van der Waals surface area contributed by atoms with E-state index in [1.807, 2.05) is 18.3 Å². The zero-order chi connectivity index (χ0) is 20.1. The first kappa shape index (κ1) is 22.6. The number of para-hydroxylation sites is 1. The average Bonchev–Trinajstić information content (AvgIpc) is 3.17. The Bertz CT molecular complexity index is 821. The van der Waals surface area contributed by atoms with Crippen LogP contribution in [0.25, 0.3) is 0 Å². The topological polar surface area (TPSA) is 71.0 Å². The van der Waals surface area contributed by atoms with E-state index in [2.05, 4.69) is 56.7 Å². The summed E-state index contributed by atoms with van der Waals surface area (Å²) in [6.07, 6.45) is 3.22. The number of rotatable bonds is 5. The molecule has 3 heterocycles. The maximum absolute atomic E-state index is 5.97. The van der Waals surface area contributed by atoms with Gasteiger partial charge >= 0.3 is 0 Å². The predicted octanol–water partition coefficient (Wildman–Crippen LogP) is 2.59. The Kier molecular flexibility index (Phi) is 8.15. The SMILES string of the molecule is CN=C(NCc1ccc(N2CCOC(C)C2)nc1)NCC1Cc2ccccc2O1.I. The van der Waals surface area contributed by atoms with Gasteiger partial charge in [-0.15, -0.1) is 24.0 Å². The lowest BCUT2D eigenvalue weighted by Crippen LogP contribution is -2.42. The number of pyridine rings is 1. The number of halogens is 1. The third-order valence-corrected chi connectivity index (χ3v) is 5.27. The summed E-state index contributed by atoms with van der Waals surface area (Å²) >= 11 is 0. The lowest BCUT2D eigenvalue weighted by atomic mass is 10.1. The molecule has 2 aliphatic rings. The third kappa shape index (κ3) is 5.75. The molecule has 7 nitrogen and oxygen atoms in total. The summed E-state index contributed by atoms with van der Waals surface area (Å²) in [5, 5.41) is 6.70. The molecule has 162 valence electrons. The number of anilines is 1. The van der Waals surface area contributed by atoms with Gasteiger partial charge in [-0.1, -0.05) is 24.3 Å². The fraction of sp³-hybridized carbons (Fsp3) is 0.455. The van der Waals surface area contributed by atoms with E-state index in [9.17, 15) is 0 Å². The summed E-state index contributed by atoms with van der Waals surface area (Å²) in [5.41, 5.74) is 2.38. The highest BCUT2D eigenvalue weighted by Crippen LogP contribution is 2.27. The smallest absolute Gasteiger partial charge is 0.191 e. The molecular weight excluding hydrogens is 493 g/mol. The van der Waals surface area contributed by atoms with Crippen LogP contribution in [0, 0.1) is 0 Å². The van der Waals surface area contributed by atoms with Crippen LogP contribution in [-0.2, 0) is 17.7 Å².